The number of fused-ring (bicyclic) bond motifs is 2. The largest absolute Gasteiger partial charge is 0.450 e. The molecular formula is C24H26FN3O3. The highest BCUT2D eigenvalue weighted by molar-refractivity contribution is 5.94. The quantitative estimate of drug-likeness (QED) is 0.765. The van der Waals surface area contributed by atoms with Crippen molar-refractivity contribution in [3.05, 3.63) is 59.7 Å². The van der Waals surface area contributed by atoms with Gasteiger partial charge in [0.05, 0.1) is 5.56 Å². The lowest BCUT2D eigenvalue weighted by Gasteiger charge is -2.37. The van der Waals surface area contributed by atoms with E-state index in [2.05, 4.69) is 15.2 Å². The number of benzene rings is 1. The standard InChI is InChI=1S/C24H26FN3O3/c25-17-2-1-3-19(14-17)28-12-7-18(8-13-28)27-22(29)16-4-9-24(10-5-16)21-15-26-11-6-20(21)23(30)31-24/h1-3,6,11,14-16,18H,4-5,7-10,12-13H2,(H,27,29)/t16-,24+. The molecule has 2 aromatic rings. The Kier molecular flexibility index (Phi) is 5.12. The molecule has 1 aliphatic carbocycles. The highest BCUT2D eigenvalue weighted by atomic mass is 19.1. The van der Waals surface area contributed by atoms with Gasteiger partial charge in [-0.15, -0.1) is 0 Å². The number of rotatable bonds is 3. The second kappa shape index (κ2) is 7.94. The van der Waals surface area contributed by atoms with Gasteiger partial charge in [-0.25, -0.2) is 9.18 Å². The van der Waals surface area contributed by atoms with E-state index < -0.39 is 5.60 Å². The fourth-order valence-electron chi connectivity index (χ4n) is 5.21. The van der Waals surface area contributed by atoms with Gasteiger partial charge in [0.2, 0.25) is 5.91 Å². The number of halogens is 1. The van der Waals surface area contributed by atoms with Gasteiger partial charge in [-0.3, -0.25) is 9.78 Å². The summed E-state index contributed by atoms with van der Waals surface area (Å²) in [6, 6.07) is 8.50. The maximum Gasteiger partial charge on any atom is 0.339 e. The minimum absolute atomic E-state index is 0.0636. The smallest absolute Gasteiger partial charge is 0.339 e. The second-order valence-corrected chi connectivity index (χ2v) is 8.83. The number of ether oxygens (including phenoxy) is 1. The molecule has 1 spiro atoms. The van der Waals surface area contributed by atoms with Gasteiger partial charge in [0, 0.05) is 48.7 Å². The Morgan fingerprint density at radius 3 is 2.68 bits per heavy atom. The maximum absolute atomic E-state index is 13.5. The highest BCUT2D eigenvalue weighted by Gasteiger charge is 2.48. The summed E-state index contributed by atoms with van der Waals surface area (Å²) in [5.74, 6) is -0.485. The Labute approximate surface area is 180 Å². The number of carbonyl (C=O) groups excluding carboxylic acids is 2. The lowest BCUT2D eigenvalue weighted by atomic mass is 9.75. The van der Waals surface area contributed by atoms with E-state index in [1.165, 1.54) is 6.07 Å². The average molecular weight is 423 g/mol. The second-order valence-electron chi connectivity index (χ2n) is 8.83. The van der Waals surface area contributed by atoms with Gasteiger partial charge in [0.1, 0.15) is 11.4 Å². The molecule has 1 saturated carbocycles. The maximum atomic E-state index is 13.5. The van der Waals surface area contributed by atoms with Gasteiger partial charge < -0.3 is 15.0 Å². The number of nitrogens with one attached hydrogen (secondary N) is 1. The van der Waals surface area contributed by atoms with Crippen molar-refractivity contribution in [3.8, 4) is 0 Å². The summed E-state index contributed by atoms with van der Waals surface area (Å²) >= 11 is 0. The van der Waals surface area contributed by atoms with E-state index in [0.717, 1.165) is 37.2 Å². The van der Waals surface area contributed by atoms with Crippen molar-refractivity contribution in [3.63, 3.8) is 0 Å². The minimum Gasteiger partial charge on any atom is -0.450 e. The van der Waals surface area contributed by atoms with Crippen LogP contribution in [0.4, 0.5) is 10.1 Å². The van der Waals surface area contributed by atoms with E-state index in [0.29, 0.717) is 31.2 Å². The van der Waals surface area contributed by atoms with Crippen molar-refractivity contribution in [2.75, 3.05) is 18.0 Å². The molecule has 1 aromatic heterocycles. The first-order valence-electron chi connectivity index (χ1n) is 11.0. The molecule has 162 valence electrons. The molecule has 0 radical (unpaired) electrons. The molecule has 2 aliphatic heterocycles. The zero-order chi connectivity index (χ0) is 21.4. The number of nitrogens with zero attached hydrogens (tertiary/aromatic N) is 2. The summed E-state index contributed by atoms with van der Waals surface area (Å²) in [4.78, 5) is 31.4. The van der Waals surface area contributed by atoms with Crippen LogP contribution >= 0.6 is 0 Å². The molecule has 1 aromatic carbocycles. The Hall–Kier alpha value is -2.96. The predicted octanol–water partition coefficient (Wildman–Crippen LogP) is 3.56. The van der Waals surface area contributed by atoms with Crippen LogP contribution in [0, 0.1) is 11.7 Å². The molecule has 6 nitrogen and oxygen atoms in total. The Morgan fingerprint density at radius 1 is 1.16 bits per heavy atom. The molecule has 7 heteroatoms. The highest BCUT2D eigenvalue weighted by Crippen LogP contribution is 2.47. The van der Waals surface area contributed by atoms with E-state index in [9.17, 15) is 14.0 Å². The van der Waals surface area contributed by atoms with Gasteiger partial charge in [-0.2, -0.15) is 0 Å². The first kappa shape index (κ1) is 20.0. The Balaban J connectivity index is 1.14. The number of anilines is 1. The van der Waals surface area contributed by atoms with Crippen LogP contribution in [0.3, 0.4) is 0 Å². The van der Waals surface area contributed by atoms with Crippen molar-refractivity contribution < 1.29 is 18.7 Å². The summed E-state index contributed by atoms with van der Waals surface area (Å²) in [6.45, 7) is 1.59. The van der Waals surface area contributed by atoms with Crippen LogP contribution in [-0.2, 0) is 15.1 Å². The predicted molar refractivity (Wildman–Crippen MR) is 113 cm³/mol. The number of aromatic nitrogens is 1. The molecule has 2 fully saturated rings. The van der Waals surface area contributed by atoms with Crippen LogP contribution in [0.1, 0.15) is 54.4 Å². The summed E-state index contributed by atoms with van der Waals surface area (Å²) in [6.07, 6.45) is 7.70. The average Bonchev–Trinajstić information content (AvgIpc) is 3.06. The molecule has 0 unspecified atom stereocenters. The van der Waals surface area contributed by atoms with E-state index in [-0.39, 0.29) is 29.7 Å². The van der Waals surface area contributed by atoms with Gasteiger partial charge in [0.15, 0.2) is 0 Å². The van der Waals surface area contributed by atoms with Crippen LogP contribution in [0.25, 0.3) is 0 Å². The molecule has 1 amide bonds. The number of carbonyl (C=O) groups is 2. The normalized spacial score (nSPS) is 25.9. The first-order chi connectivity index (χ1) is 15.0. The molecule has 31 heavy (non-hydrogen) atoms. The van der Waals surface area contributed by atoms with E-state index >= 15 is 0 Å². The number of esters is 1. The number of pyridine rings is 1. The zero-order valence-electron chi connectivity index (χ0n) is 17.4. The van der Waals surface area contributed by atoms with Gasteiger partial charge >= 0.3 is 5.97 Å². The van der Waals surface area contributed by atoms with Crippen molar-refractivity contribution in [2.45, 2.75) is 50.2 Å². The Morgan fingerprint density at radius 2 is 1.94 bits per heavy atom. The molecule has 0 atom stereocenters. The summed E-state index contributed by atoms with van der Waals surface area (Å²) < 4.78 is 19.2. The number of amides is 1. The van der Waals surface area contributed by atoms with Crippen LogP contribution in [0.15, 0.2) is 42.7 Å². The van der Waals surface area contributed by atoms with E-state index in [1.54, 1.807) is 30.6 Å². The molecule has 3 aliphatic rings. The Bertz CT molecular complexity index is 995. The number of piperidine rings is 1. The van der Waals surface area contributed by atoms with Gasteiger partial charge in [-0.1, -0.05) is 6.07 Å². The van der Waals surface area contributed by atoms with Crippen LogP contribution in [0.2, 0.25) is 0 Å². The number of hydrogen-bond donors (Lipinski definition) is 1. The monoisotopic (exact) mass is 423 g/mol. The zero-order valence-corrected chi connectivity index (χ0v) is 17.4. The van der Waals surface area contributed by atoms with Gasteiger partial charge in [-0.05, 0) is 62.8 Å². The fourth-order valence-corrected chi connectivity index (χ4v) is 5.21. The van der Waals surface area contributed by atoms with E-state index in [4.69, 9.17) is 4.74 Å². The molecular weight excluding hydrogens is 397 g/mol. The van der Waals surface area contributed by atoms with Crippen LogP contribution in [-0.4, -0.2) is 36.0 Å². The SMILES string of the molecule is O=C1O[C@]2(CC[C@@H](C(=O)NC3CCN(c4cccc(F)c4)CC3)CC2)c2cnccc21. The lowest BCUT2D eigenvalue weighted by Crippen LogP contribution is -2.47. The fraction of sp³-hybridized carbons (Fsp3) is 0.458. The van der Waals surface area contributed by atoms with E-state index in [1.807, 2.05) is 6.07 Å². The third-order valence-electron chi connectivity index (χ3n) is 7.00. The molecule has 1 N–H and O–H groups in total. The molecule has 3 heterocycles. The van der Waals surface area contributed by atoms with Crippen LogP contribution < -0.4 is 10.2 Å². The molecule has 5 rings (SSSR count). The van der Waals surface area contributed by atoms with Crippen molar-refractivity contribution in [2.24, 2.45) is 5.92 Å². The van der Waals surface area contributed by atoms with Crippen molar-refractivity contribution in [1.29, 1.82) is 0 Å². The minimum atomic E-state index is -0.617. The third-order valence-corrected chi connectivity index (χ3v) is 7.00. The number of hydrogen-bond acceptors (Lipinski definition) is 5. The first-order valence-corrected chi connectivity index (χ1v) is 11.0. The molecule has 1 saturated heterocycles. The van der Waals surface area contributed by atoms with Crippen LogP contribution in [0.5, 0.6) is 0 Å². The summed E-state index contributed by atoms with van der Waals surface area (Å²) in [7, 11) is 0. The summed E-state index contributed by atoms with van der Waals surface area (Å²) in [5.41, 5.74) is 1.74. The third kappa shape index (κ3) is 3.77. The van der Waals surface area contributed by atoms with Crippen molar-refractivity contribution >= 4 is 17.6 Å². The van der Waals surface area contributed by atoms with Gasteiger partial charge in [0.25, 0.3) is 0 Å². The lowest BCUT2D eigenvalue weighted by molar-refractivity contribution is -0.128. The molecule has 0 bridgehead atoms. The van der Waals surface area contributed by atoms with Crippen molar-refractivity contribution in [1.82, 2.24) is 10.3 Å². The summed E-state index contributed by atoms with van der Waals surface area (Å²) in [5, 5.41) is 3.22. The topological polar surface area (TPSA) is 71.5 Å².